The van der Waals surface area contributed by atoms with Gasteiger partial charge in [-0.05, 0) is 24.6 Å². The van der Waals surface area contributed by atoms with Crippen molar-refractivity contribution in [3.8, 4) is 0 Å². The Balaban J connectivity index is 2.87. The molecule has 1 aromatic rings. The molecule has 0 fully saturated rings. The molecule has 0 aliphatic rings. The van der Waals surface area contributed by atoms with E-state index in [1.165, 1.54) is 31.2 Å². The third-order valence-electron chi connectivity index (χ3n) is 2.22. The van der Waals surface area contributed by atoms with Crippen LogP contribution in [0.15, 0.2) is 29.2 Å². The normalized spacial score (nSPS) is 13.2. The van der Waals surface area contributed by atoms with Crippen LogP contribution in [-0.2, 0) is 21.2 Å². The lowest BCUT2D eigenvalue weighted by Crippen LogP contribution is -2.34. The fourth-order valence-corrected chi connectivity index (χ4v) is 2.57. The highest BCUT2D eigenvalue weighted by Crippen LogP contribution is 2.11. The maximum absolute atomic E-state index is 11.8. The van der Waals surface area contributed by atoms with Gasteiger partial charge in [-0.2, -0.15) is 0 Å². The first-order chi connectivity index (χ1) is 8.35. The van der Waals surface area contributed by atoms with Crippen LogP contribution < -0.4 is 4.72 Å². The van der Waals surface area contributed by atoms with Gasteiger partial charge in [0.2, 0.25) is 10.0 Å². The third-order valence-corrected chi connectivity index (χ3v) is 3.82. The quantitative estimate of drug-likeness (QED) is 0.675. The Bertz CT molecular complexity index is 509. The second-order valence-electron chi connectivity index (χ2n) is 3.92. The Morgan fingerprint density at radius 3 is 2.33 bits per heavy atom. The van der Waals surface area contributed by atoms with E-state index >= 15 is 0 Å². The third kappa shape index (κ3) is 4.10. The molecule has 0 heterocycles. The van der Waals surface area contributed by atoms with E-state index in [0.29, 0.717) is 5.56 Å². The van der Waals surface area contributed by atoms with Gasteiger partial charge in [0.15, 0.2) is 0 Å². The van der Waals surface area contributed by atoms with E-state index in [9.17, 15) is 13.2 Å². The van der Waals surface area contributed by atoms with Gasteiger partial charge in [-0.3, -0.25) is 4.79 Å². The molecule has 1 aromatic carbocycles. The Labute approximate surface area is 105 Å². The molecule has 0 spiro atoms. The van der Waals surface area contributed by atoms with Crippen LogP contribution in [0.5, 0.6) is 0 Å². The van der Waals surface area contributed by atoms with Crippen molar-refractivity contribution in [2.24, 2.45) is 0 Å². The lowest BCUT2D eigenvalue weighted by molar-refractivity contribution is -0.136. The molecular weight excluding hydrogens is 258 g/mol. The Morgan fingerprint density at radius 2 is 1.89 bits per heavy atom. The van der Waals surface area contributed by atoms with E-state index in [1.807, 2.05) is 0 Å². The fourth-order valence-electron chi connectivity index (χ4n) is 1.33. The highest BCUT2D eigenvalue weighted by atomic mass is 32.2. The van der Waals surface area contributed by atoms with Crippen molar-refractivity contribution in [3.05, 3.63) is 29.8 Å². The maximum atomic E-state index is 11.8. The summed E-state index contributed by atoms with van der Waals surface area (Å²) in [5, 5.41) is 17.4. The number of benzene rings is 1. The summed E-state index contributed by atoms with van der Waals surface area (Å²) in [7, 11) is -3.67. The smallest absolute Gasteiger partial charge is 0.307 e. The standard InChI is InChI=1S/C11H15NO5S/c1-8(7-13)12-18(16,17)10-4-2-9(3-5-10)6-11(14)15/h2-5,8,12-13H,6-7H2,1H3,(H,14,15)/t8-/m1/s1. The van der Waals surface area contributed by atoms with Gasteiger partial charge in [-0.1, -0.05) is 12.1 Å². The number of carbonyl (C=O) groups is 1. The first-order valence-electron chi connectivity index (χ1n) is 5.29. The molecule has 1 atom stereocenters. The minimum Gasteiger partial charge on any atom is -0.481 e. The molecule has 0 saturated heterocycles. The highest BCUT2D eigenvalue weighted by molar-refractivity contribution is 7.89. The second kappa shape index (κ2) is 5.94. The zero-order valence-corrected chi connectivity index (χ0v) is 10.6. The number of carboxylic acids is 1. The van der Waals surface area contributed by atoms with E-state index in [0.717, 1.165) is 0 Å². The molecule has 3 N–H and O–H groups in total. The predicted octanol–water partition coefficient (Wildman–Crippen LogP) is -0.0272. The van der Waals surface area contributed by atoms with Crippen LogP contribution in [0.4, 0.5) is 0 Å². The largest absolute Gasteiger partial charge is 0.481 e. The Hall–Kier alpha value is -1.44. The molecule has 100 valence electrons. The van der Waals surface area contributed by atoms with E-state index in [2.05, 4.69) is 4.72 Å². The summed E-state index contributed by atoms with van der Waals surface area (Å²) in [5.41, 5.74) is 0.525. The summed E-state index contributed by atoms with van der Waals surface area (Å²) >= 11 is 0. The number of aliphatic hydroxyl groups is 1. The number of sulfonamides is 1. The van der Waals surface area contributed by atoms with Crippen molar-refractivity contribution in [2.45, 2.75) is 24.3 Å². The summed E-state index contributed by atoms with van der Waals surface area (Å²) in [6.07, 6.45) is -0.152. The molecule has 0 aromatic heterocycles. The maximum Gasteiger partial charge on any atom is 0.307 e. The van der Waals surface area contributed by atoms with E-state index in [1.54, 1.807) is 0 Å². The van der Waals surface area contributed by atoms with Crippen LogP contribution in [-0.4, -0.2) is 37.2 Å². The Kier molecular flexibility index (Phi) is 4.83. The predicted molar refractivity (Wildman–Crippen MR) is 64.7 cm³/mol. The van der Waals surface area contributed by atoms with Crippen LogP contribution in [0.3, 0.4) is 0 Å². The highest BCUT2D eigenvalue weighted by Gasteiger charge is 2.16. The molecule has 0 amide bonds. The zero-order chi connectivity index (χ0) is 13.8. The SMILES string of the molecule is C[C@H](CO)NS(=O)(=O)c1ccc(CC(=O)O)cc1. The summed E-state index contributed by atoms with van der Waals surface area (Å²) in [4.78, 5) is 10.5. The molecule has 1 rings (SSSR count). The van der Waals surface area contributed by atoms with E-state index < -0.39 is 22.0 Å². The lowest BCUT2D eigenvalue weighted by atomic mass is 10.2. The molecule has 6 nitrogen and oxygen atoms in total. The van der Waals surface area contributed by atoms with Crippen molar-refractivity contribution < 1.29 is 23.4 Å². The summed E-state index contributed by atoms with van der Waals surface area (Å²) in [6, 6.07) is 5.00. The molecule has 0 aliphatic carbocycles. The van der Waals surface area contributed by atoms with Crippen molar-refractivity contribution in [2.75, 3.05) is 6.61 Å². The number of hydrogen-bond donors (Lipinski definition) is 3. The zero-order valence-electron chi connectivity index (χ0n) is 9.83. The topological polar surface area (TPSA) is 104 Å². The van der Waals surface area contributed by atoms with Gasteiger partial charge in [0.25, 0.3) is 0 Å². The lowest BCUT2D eigenvalue weighted by Gasteiger charge is -2.11. The molecule has 0 bridgehead atoms. The van der Waals surface area contributed by atoms with E-state index in [4.69, 9.17) is 10.2 Å². The van der Waals surface area contributed by atoms with Crippen LogP contribution in [0, 0.1) is 0 Å². The monoisotopic (exact) mass is 273 g/mol. The molecular formula is C11H15NO5S. The number of carboxylic acid groups (broad SMARTS) is 1. The second-order valence-corrected chi connectivity index (χ2v) is 5.63. The van der Waals surface area contributed by atoms with Gasteiger partial charge in [0.05, 0.1) is 17.9 Å². The van der Waals surface area contributed by atoms with Crippen molar-refractivity contribution in [1.29, 1.82) is 0 Å². The number of aliphatic carboxylic acids is 1. The molecule has 7 heteroatoms. The molecule has 0 unspecified atom stereocenters. The molecule has 0 saturated carbocycles. The van der Waals surface area contributed by atoms with Crippen LogP contribution >= 0.6 is 0 Å². The average molecular weight is 273 g/mol. The first-order valence-corrected chi connectivity index (χ1v) is 6.77. The summed E-state index contributed by atoms with van der Waals surface area (Å²) in [5.74, 6) is -0.974. The van der Waals surface area contributed by atoms with Gasteiger partial charge in [-0.25, -0.2) is 13.1 Å². The van der Waals surface area contributed by atoms with Gasteiger partial charge < -0.3 is 10.2 Å². The van der Waals surface area contributed by atoms with Gasteiger partial charge in [-0.15, -0.1) is 0 Å². The average Bonchev–Trinajstić information content (AvgIpc) is 2.28. The van der Waals surface area contributed by atoms with Crippen LogP contribution in [0.25, 0.3) is 0 Å². The molecule has 0 radical (unpaired) electrons. The number of hydrogen-bond acceptors (Lipinski definition) is 4. The minimum atomic E-state index is -3.67. The number of aliphatic hydroxyl groups excluding tert-OH is 1. The molecule has 18 heavy (non-hydrogen) atoms. The summed E-state index contributed by atoms with van der Waals surface area (Å²) < 4.78 is 25.9. The van der Waals surface area contributed by atoms with Crippen LogP contribution in [0.1, 0.15) is 12.5 Å². The minimum absolute atomic E-state index is 0.0388. The molecule has 0 aliphatic heterocycles. The number of nitrogens with one attached hydrogen (secondary N) is 1. The van der Waals surface area contributed by atoms with Crippen LogP contribution in [0.2, 0.25) is 0 Å². The van der Waals surface area contributed by atoms with Crippen molar-refractivity contribution in [1.82, 2.24) is 4.72 Å². The van der Waals surface area contributed by atoms with Crippen molar-refractivity contribution >= 4 is 16.0 Å². The van der Waals surface area contributed by atoms with Gasteiger partial charge in [0.1, 0.15) is 0 Å². The van der Waals surface area contributed by atoms with Gasteiger partial charge >= 0.3 is 5.97 Å². The fraction of sp³-hybridized carbons (Fsp3) is 0.364. The van der Waals surface area contributed by atoms with Crippen molar-refractivity contribution in [3.63, 3.8) is 0 Å². The summed E-state index contributed by atoms with van der Waals surface area (Å²) in [6.45, 7) is 1.24. The Morgan fingerprint density at radius 1 is 1.33 bits per heavy atom. The number of rotatable bonds is 6. The first kappa shape index (κ1) is 14.6. The van der Waals surface area contributed by atoms with E-state index in [-0.39, 0.29) is 17.9 Å². The van der Waals surface area contributed by atoms with Gasteiger partial charge in [0, 0.05) is 6.04 Å².